The fourth-order valence-electron chi connectivity index (χ4n) is 2.78. The van der Waals surface area contributed by atoms with Crippen LogP contribution >= 0.6 is 0 Å². The molecule has 0 radical (unpaired) electrons. The third-order valence-electron chi connectivity index (χ3n) is 3.62. The van der Waals surface area contributed by atoms with Crippen LogP contribution in [-0.4, -0.2) is 23.5 Å². The van der Waals surface area contributed by atoms with Crippen molar-refractivity contribution in [2.45, 2.75) is 19.3 Å². The smallest absolute Gasteiger partial charge is 0.307 e. The Kier molecular flexibility index (Phi) is 2.18. The van der Waals surface area contributed by atoms with Crippen molar-refractivity contribution in [3.05, 3.63) is 29.3 Å². The van der Waals surface area contributed by atoms with Crippen molar-refractivity contribution in [1.29, 1.82) is 0 Å². The molecule has 88 valence electrons. The Hall–Kier alpha value is -1.84. The molecular formula is C13H13NO3. The van der Waals surface area contributed by atoms with Crippen molar-refractivity contribution in [2.75, 3.05) is 11.4 Å². The number of hydrogen-bond donors (Lipinski definition) is 1. The van der Waals surface area contributed by atoms with Crippen LogP contribution in [0.25, 0.3) is 0 Å². The molecule has 0 fully saturated rings. The number of carboxylic acid groups (broad SMARTS) is 1. The maximum Gasteiger partial charge on any atom is 0.307 e. The zero-order valence-electron chi connectivity index (χ0n) is 9.35. The second kappa shape index (κ2) is 3.58. The zero-order chi connectivity index (χ0) is 12.0. The number of carboxylic acids is 1. The van der Waals surface area contributed by atoms with Gasteiger partial charge in [0.2, 0.25) is 5.91 Å². The van der Waals surface area contributed by atoms with Crippen LogP contribution in [0.4, 0.5) is 5.69 Å². The second-order valence-electron chi connectivity index (χ2n) is 4.66. The fraction of sp³-hybridized carbons (Fsp3) is 0.385. The number of anilines is 1. The number of nitrogens with zero attached hydrogens (tertiary/aromatic N) is 1. The molecule has 1 N–H and O–H groups in total. The van der Waals surface area contributed by atoms with Gasteiger partial charge in [-0.2, -0.15) is 0 Å². The Labute approximate surface area is 98.9 Å². The highest BCUT2D eigenvalue weighted by Crippen LogP contribution is 2.36. The Morgan fingerprint density at radius 1 is 1.29 bits per heavy atom. The van der Waals surface area contributed by atoms with E-state index in [0.29, 0.717) is 13.0 Å². The van der Waals surface area contributed by atoms with Crippen molar-refractivity contribution in [1.82, 2.24) is 0 Å². The normalized spacial score (nSPS) is 22.2. The van der Waals surface area contributed by atoms with Crippen molar-refractivity contribution in [3.8, 4) is 0 Å². The third-order valence-corrected chi connectivity index (χ3v) is 3.62. The summed E-state index contributed by atoms with van der Waals surface area (Å²) in [7, 11) is 0. The van der Waals surface area contributed by atoms with Gasteiger partial charge in [-0.15, -0.1) is 0 Å². The lowest BCUT2D eigenvalue weighted by molar-refractivity contribution is -0.143. The van der Waals surface area contributed by atoms with Crippen LogP contribution in [0.1, 0.15) is 17.5 Å². The molecule has 1 aromatic rings. The Balaban J connectivity index is 2.11. The molecule has 0 aromatic heterocycles. The van der Waals surface area contributed by atoms with Crippen LogP contribution in [0.2, 0.25) is 0 Å². The number of para-hydroxylation sites is 1. The first-order chi connectivity index (χ1) is 8.16. The van der Waals surface area contributed by atoms with Gasteiger partial charge in [0.1, 0.15) is 0 Å². The number of hydrogen-bond acceptors (Lipinski definition) is 2. The van der Waals surface area contributed by atoms with Gasteiger partial charge in [-0.25, -0.2) is 0 Å². The molecule has 1 amide bonds. The summed E-state index contributed by atoms with van der Waals surface area (Å²) in [5, 5.41) is 9.11. The minimum atomic E-state index is -0.878. The predicted octanol–water partition coefficient (Wildman–Crippen LogP) is 1.22. The number of carbonyl (C=O) groups is 2. The van der Waals surface area contributed by atoms with Crippen LogP contribution < -0.4 is 4.90 Å². The first-order valence-corrected chi connectivity index (χ1v) is 5.81. The van der Waals surface area contributed by atoms with E-state index < -0.39 is 11.9 Å². The molecule has 0 spiro atoms. The van der Waals surface area contributed by atoms with Gasteiger partial charge in [0.25, 0.3) is 0 Å². The quantitative estimate of drug-likeness (QED) is 0.790. The Bertz CT molecular complexity index is 509. The molecule has 1 atom stereocenters. The Morgan fingerprint density at radius 3 is 2.82 bits per heavy atom. The van der Waals surface area contributed by atoms with Crippen molar-refractivity contribution in [3.63, 3.8) is 0 Å². The number of aliphatic carboxylic acids is 1. The van der Waals surface area contributed by atoms with Gasteiger partial charge in [-0.3, -0.25) is 9.59 Å². The molecule has 0 aliphatic carbocycles. The SMILES string of the molecule is O=C(O)C1CC(=O)N2CCc3cccc(c32)C1. The Morgan fingerprint density at radius 2 is 2.06 bits per heavy atom. The van der Waals surface area contributed by atoms with E-state index >= 15 is 0 Å². The monoisotopic (exact) mass is 231 g/mol. The fourth-order valence-corrected chi connectivity index (χ4v) is 2.78. The summed E-state index contributed by atoms with van der Waals surface area (Å²) in [5.74, 6) is -1.52. The third kappa shape index (κ3) is 1.52. The van der Waals surface area contributed by atoms with E-state index in [-0.39, 0.29) is 12.3 Å². The summed E-state index contributed by atoms with van der Waals surface area (Å²) >= 11 is 0. The molecule has 2 heterocycles. The summed E-state index contributed by atoms with van der Waals surface area (Å²) in [6.07, 6.45) is 1.46. The van der Waals surface area contributed by atoms with Gasteiger partial charge < -0.3 is 10.0 Å². The van der Waals surface area contributed by atoms with E-state index in [1.165, 1.54) is 5.56 Å². The average Bonchev–Trinajstić information content (AvgIpc) is 2.66. The maximum atomic E-state index is 12.0. The summed E-state index contributed by atoms with van der Waals surface area (Å²) < 4.78 is 0. The van der Waals surface area contributed by atoms with Gasteiger partial charge in [0.05, 0.1) is 11.6 Å². The van der Waals surface area contributed by atoms with Crippen LogP contribution in [0, 0.1) is 5.92 Å². The molecule has 2 aliphatic heterocycles. The molecule has 2 aliphatic rings. The van der Waals surface area contributed by atoms with Crippen molar-refractivity contribution in [2.24, 2.45) is 5.92 Å². The number of carbonyl (C=O) groups excluding carboxylic acids is 1. The number of benzene rings is 1. The van der Waals surface area contributed by atoms with E-state index in [0.717, 1.165) is 17.7 Å². The van der Waals surface area contributed by atoms with E-state index in [1.54, 1.807) is 4.90 Å². The molecule has 1 aromatic carbocycles. The molecule has 0 saturated carbocycles. The highest BCUT2D eigenvalue weighted by molar-refractivity contribution is 5.99. The predicted molar refractivity (Wildman–Crippen MR) is 61.9 cm³/mol. The molecule has 17 heavy (non-hydrogen) atoms. The molecular weight excluding hydrogens is 218 g/mol. The lowest BCUT2D eigenvalue weighted by Crippen LogP contribution is -2.30. The summed E-state index contributed by atoms with van der Waals surface area (Å²) in [6, 6.07) is 5.91. The van der Waals surface area contributed by atoms with Crippen LogP contribution in [0.15, 0.2) is 18.2 Å². The minimum Gasteiger partial charge on any atom is -0.481 e. The van der Waals surface area contributed by atoms with E-state index in [1.807, 2.05) is 18.2 Å². The van der Waals surface area contributed by atoms with Crippen molar-refractivity contribution < 1.29 is 14.7 Å². The second-order valence-corrected chi connectivity index (χ2v) is 4.66. The molecule has 0 saturated heterocycles. The summed E-state index contributed by atoms with van der Waals surface area (Å²) in [4.78, 5) is 24.9. The van der Waals surface area contributed by atoms with E-state index in [9.17, 15) is 9.59 Å². The number of amides is 1. The molecule has 1 unspecified atom stereocenters. The van der Waals surface area contributed by atoms with Crippen LogP contribution in [0.5, 0.6) is 0 Å². The van der Waals surface area contributed by atoms with Crippen LogP contribution in [-0.2, 0) is 22.4 Å². The lowest BCUT2D eigenvalue weighted by Gasteiger charge is -2.16. The number of rotatable bonds is 1. The van der Waals surface area contributed by atoms with Gasteiger partial charge in [-0.1, -0.05) is 18.2 Å². The highest BCUT2D eigenvalue weighted by atomic mass is 16.4. The van der Waals surface area contributed by atoms with E-state index in [4.69, 9.17) is 5.11 Å². The molecule has 3 rings (SSSR count). The molecule has 4 heteroatoms. The first-order valence-electron chi connectivity index (χ1n) is 5.81. The van der Waals surface area contributed by atoms with E-state index in [2.05, 4.69) is 0 Å². The van der Waals surface area contributed by atoms with Gasteiger partial charge in [0.15, 0.2) is 0 Å². The summed E-state index contributed by atoms with van der Waals surface area (Å²) in [5.41, 5.74) is 3.14. The maximum absolute atomic E-state index is 12.0. The standard InChI is InChI=1S/C13H13NO3/c15-11-7-10(13(16)17)6-9-3-1-2-8-4-5-14(11)12(8)9/h1-3,10H,4-7H2,(H,16,17). The van der Waals surface area contributed by atoms with Gasteiger partial charge in [-0.05, 0) is 24.0 Å². The van der Waals surface area contributed by atoms with Crippen molar-refractivity contribution >= 4 is 17.6 Å². The van der Waals surface area contributed by atoms with Crippen LogP contribution in [0.3, 0.4) is 0 Å². The summed E-state index contributed by atoms with van der Waals surface area (Å²) in [6.45, 7) is 0.692. The highest BCUT2D eigenvalue weighted by Gasteiger charge is 2.34. The average molecular weight is 231 g/mol. The molecule has 0 bridgehead atoms. The zero-order valence-corrected chi connectivity index (χ0v) is 9.35. The first kappa shape index (κ1) is 10.3. The largest absolute Gasteiger partial charge is 0.481 e. The van der Waals surface area contributed by atoms with Gasteiger partial charge >= 0.3 is 5.97 Å². The minimum absolute atomic E-state index is 0.0545. The lowest BCUT2D eigenvalue weighted by atomic mass is 9.95. The molecule has 4 nitrogen and oxygen atoms in total. The topological polar surface area (TPSA) is 57.6 Å². The van der Waals surface area contributed by atoms with Gasteiger partial charge in [0, 0.05) is 13.0 Å².